The predicted molar refractivity (Wildman–Crippen MR) is 83.2 cm³/mol. The molecule has 22 heavy (non-hydrogen) atoms. The van der Waals surface area contributed by atoms with Crippen LogP contribution in [0.1, 0.15) is 31.2 Å². The number of rotatable bonds is 6. The molecule has 4 nitrogen and oxygen atoms in total. The molecule has 1 aliphatic rings. The third kappa shape index (κ3) is 2.99. The molecule has 2 aromatic rings. The van der Waals surface area contributed by atoms with Gasteiger partial charge in [-0.2, -0.15) is 0 Å². The minimum Gasteiger partial charge on any atom is -0.378 e. The summed E-state index contributed by atoms with van der Waals surface area (Å²) < 4.78 is 18.8. The van der Waals surface area contributed by atoms with E-state index in [4.69, 9.17) is 4.74 Å². The predicted octanol–water partition coefficient (Wildman–Crippen LogP) is 2.92. The van der Waals surface area contributed by atoms with Crippen LogP contribution < -0.4 is 5.32 Å². The maximum absolute atomic E-state index is 13.3. The van der Waals surface area contributed by atoms with E-state index in [0.717, 1.165) is 35.7 Å². The Morgan fingerprint density at radius 3 is 2.95 bits per heavy atom. The van der Waals surface area contributed by atoms with E-state index in [-0.39, 0.29) is 17.3 Å². The van der Waals surface area contributed by atoms with Crippen molar-refractivity contribution in [2.24, 2.45) is 0 Å². The second kappa shape index (κ2) is 6.08. The highest BCUT2D eigenvalue weighted by Gasteiger charge is 2.38. The lowest BCUT2D eigenvalue weighted by atomic mass is 9.77. The SMILES string of the molecule is COC1(CC(=O)NCCc2c[nH]c3ccc(F)cc23)CCC1. The Morgan fingerprint density at radius 2 is 2.27 bits per heavy atom. The zero-order chi connectivity index (χ0) is 15.6. The molecule has 3 rings (SSSR count). The Morgan fingerprint density at radius 1 is 1.45 bits per heavy atom. The number of carbonyl (C=O) groups excluding carboxylic acids is 1. The van der Waals surface area contributed by atoms with Gasteiger partial charge in [-0.25, -0.2) is 4.39 Å². The number of aromatic amines is 1. The van der Waals surface area contributed by atoms with Gasteiger partial charge in [0, 0.05) is 30.8 Å². The summed E-state index contributed by atoms with van der Waals surface area (Å²) in [5, 5.41) is 3.81. The number of hydrogen-bond acceptors (Lipinski definition) is 2. The average molecular weight is 304 g/mol. The fraction of sp³-hybridized carbons (Fsp3) is 0.471. The zero-order valence-electron chi connectivity index (χ0n) is 12.7. The van der Waals surface area contributed by atoms with Crippen LogP contribution in [0.25, 0.3) is 10.9 Å². The van der Waals surface area contributed by atoms with Crippen molar-refractivity contribution in [3.63, 3.8) is 0 Å². The van der Waals surface area contributed by atoms with Crippen LogP contribution in [0, 0.1) is 5.82 Å². The summed E-state index contributed by atoms with van der Waals surface area (Å²) in [4.78, 5) is 15.1. The summed E-state index contributed by atoms with van der Waals surface area (Å²) in [5.41, 5.74) is 1.68. The molecular formula is C17H21FN2O2. The minimum atomic E-state index is -0.246. The van der Waals surface area contributed by atoms with E-state index in [1.807, 2.05) is 6.20 Å². The summed E-state index contributed by atoms with van der Waals surface area (Å²) in [6, 6.07) is 4.69. The number of ether oxygens (including phenoxy) is 1. The number of H-pyrrole nitrogens is 1. The van der Waals surface area contributed by atoms with Crippen molar-refractivity contribution >= 4 is 16.8 Å². The molecule has 1 aromatic heterocycles. The van der Waals surface area contributed by atoms with Crippen LogP contribution in [0.15, 0.2) is 24.4 Å². The standard InChI is InChI=1S/C17H21FN2O2/c1-22-17(6-2-7-17)10-16(21)19-8-5-12-11-20-15-4-3-13(18)9-14(12)15/h3-4,9,11,20H,2,5-8,10H2,1H3,(H,19,21). The molecule has 5 heteroatoms. The van der Waals surface area contributed by atoms with Crippen molar-refractivity contribution in [1.29, 1.82) is 0 Å². The van der Waals surface area contributed by atoms with Gasteiger partial charge in [-0.1, -0.05) is 0 Å². The van der Waals surface area contributed by atoms with Gasteiger partial charge >= 0.3 is 0 Å². The largest absolute Gasteiger partial charge is 0.378 e. The van der Waals surface area contributed by atoms with Gasteiger partial charge in [0.15, 0.2) is 0 Å². The first kappa shape index (κ1) is 15.0. The van der Waals surface area contributed by atoms with E-state index in [0.29, 0.717) is 19.4 Å². The number of carbonyl (C=O) groups is 1. The number of halogens is 1. The molecule has 118 valence electrons. The number of hydrogen-bond donors (Lipinski definition) is 2. The first-order chi connectivity index (χ1) is 10.6. The molecule has 0 bridgehead atoms. The Kier molecular flexibility index (Phi) is 4.16. The van der Waals surface area contributed by atoms with Gasteiger partial charge in [-0.05, 0) is 49.4 Å². The highest BCUT2D eigenvalue weighted by atomic mass is 19.1. The molecule has 1 heterocycles. The van der Waals surface area contributed by atoms with E-state index in [9.17, 15) is 9.18 Å². The lowest BCUT2D eigenvalue weighted by Gasteiger charge is -2.39. The summed E-state index contributed by atoms with van der Waals surface area (Å²) >= 11 is 0. The van der Waals surface area contributed by atoms with E-state index in [2.05, 4.69) is 10.3 Å². The van der Waals surface area contributed by atoms with Crippen LogP contribution >= 0.6 is 0 Å². The van der Waals surface area contributed by atoms with Gasteiger partial charge in [0.1, 0.15) is 5.82 Å². The van der Waals surface area contributed by atoms with Crippen LogP contribution in [0.2, 0.25) is 0 Å². The molecular weight excluding hydrogens is 283 g/mol. The molecule has 2 N–H and O–H groups in total. The number of aromatic nitrogens is 1. The molecule has 1 amide bonds. The van der Waals surface area contributed by atoms with Gasteiger partial charge in [0.25, 0.3) is 0 Å². The summed E-state index contributed by atoms with van der Waals surface area (Å²) in [5.74, 6) is -0.225. The quantitative estimate of drug-likeness (QED) is 0.862. The molecule has 0 atom stereocenters. The van der Waals surface area contributed by atoms with Gasteiger partial charge in [-0.3, -0.25) is 4.79 Å². The first-order valence-corrected chi connectivity index (χ1v) is 7.69. The maximum Gasteiger partial charge on any atom is 0.222 e. The monoisotopic (exact) mass is 304 g/mol. The fourth-order valence-electron chi connectivity index (χ4n) is 3.07. The number of methoxy groups -OCH3 is 1. The second-order valence-corrected chi connectivity index (χ2v) is 6.02. The van der Waals surface area contributed by atoms with Gasteiger partial charge in [-0.15, -0.1) is 0 Å². The second-order valence-electron chi connectivity index (χ2n) is 6.02. The minimum absolute atomic E-state index is 0.0209. The van der Waals surface area contributed by atoms with Crippen LogP contribution in [0.5, 0.6) is 0 Å². The highest BCUT2D eigenvalue weighted by Crippen LogP contribution is 2.37. The van der Waals surface area contributed by atoms with Gasteiger partial charge in [0.2, 0.25) is 5.91 Å². The number of amides is 1. The smallest absolute Gasteiger partial charge is 0.222 e. The summed E-state index contributed by atoms with van der Waals surface area (Å²) in [6.07, 6.45) is 6.01. The van der Waals surface area contributed by atoms with Crippen molar-refractivity contribution in [3.05, 3.63) is 35.8 Å². The van der Waals surface area contributed by atoms with Crippen LogP contribution in [-0.2, 0) is 16.0 Å². The first-order valence-electron chi connectivity index (χ1n) is 7.69. The number of benzene rings is 1. The normalized spacial score (nSPS) is 16.5. The average Bonchev–Trinajstić information content (AvgIpc) is 2.85. The van der Waals surface area contributed by atoms with Gasteiger partial charge in [0.05, 0.1) is 12.0 Å². The summed E-state index contributed by atoms with van der Waals surface area (Å²) in [6.45, 7) is 0.544. The van der Waals surface area contributed by atoms with Crippen molar-refractivity contribution < 1.29 is 13.9 Å². The van der Waals surface area contributed by atoms with E-state index in [1.54, 1.807) is 13.2 Å². The van der Waals surface area contributed by atoms with Crippen molar-refractivity contribution in [3.8, 4) is 0 Å². The maximum atomic E-state index is 13.3. The fourth-order valence-corrected chi connectivity index (χ4v) is 3.07. The Labute approximate surface area is 129 Å². The Bertz CT molecular complexity index is 671. The molecule has 1 fully saturated rings. The van der Waals surface area contributed by atoms with Crippen molar-refractivity contribution in [2.75, 3.05) is 13.7 Å². The van der Waals surface area contributed by atoms with E-state index in [1.165, 1.54) is 12.1 Å². The molecule has 0 aliphatic heterocycles. The van der Waals surface area contributed by atoms with E-state index < -0.39 is 0 Å². The lowest BCUT2D eigenvalue weighted by molar-refractivity contribution is -0.134. The third-order valence-corrected chi connectivity index (χ3v) is 4.63. The number of fused-ring (bicyclic) bond motifs is 1. The van der Waals surface area contributed by atoms with Crippen molar-refractivity contribution in [2.45, 2.75) is 37.7 Å². The molecule has 0 radical (unpaired) electrons. The Hall–Kier alpha value is -1.88. The van der Waals surface area contributed by atoms with Crippen LogP contribution in [-0.4, -0.2) is 30.1 Å². The Balaban J connectivity index is 1.54. The lowest BCUT2D eigenvalue weighted by Crippen LogP contribution is -2.44. The molecule has 0 saturated heterocycles. The van der Waals surface area contributed by atoms with Gasteiger partial charge < -0.3 is 15.0 Å². The highest BCUT2D eigenvalue weighted by molar-refractivity contribution is 5.83. The third-order valence-electron chi connectivity index (χ3n) is 4.63. The molecule has 1 aromatic carbocycles. The molecule has 1 aliphatic carbocycles. The van der Waals surface area contributed by atoms with E-state index >= 15 is 0 Å². The zero-order valence-corrected chi connectivity index (χ0v) is 12.7. The summed E-state index contributed by atoms with van der Waals surface area (Å²) in [7, 11) is 1.67. The van der Waals surface area contributed by atoms with Crippen LogP contribution in [0.3, 0.4) is 0 Å². The molecule has 1 saturated carbocycles. The topological polar surface area (TPSA) is 54.1 Å². The molecule has 0 unspecified atom stereocenters. The van der Waals surface area contributed by atoms with Crippen molar-refractivity contribution in [1.82, 2.24) is 10.3 Å². The molecule has 0 spiro atoms. The number of nitrogens with one attached hydrogen (secondary N) is 2. The van der Waals surface area contributed by atoms with Crippen LogP contribution in [0.4, 0.5) is 4.39 Å².